The van der Waals surface area contributed by atoms with E-state index in [0.29, 0.717) is 42.3 Å². The second-order valence-corrected chi connectivity index (χ2v) is 8.43. The number of benzene rings is 2. The third-order valence-electron chi connectivity index (χ3n) is 6.37. The molecule has 2 aliphatic rings. The third kappa shape index (κ3) is 3.27. The molecule has 2 saturated carbocycles. The lowest BCUT2D eigenvalue weighted by molar-refractivity contribution is -0.130. The Balaban J connectivity index is 1.45. The third-order valence-corrected chi connectivity index (χ3v) is 6.37. The second-order valence-electron chi connectivity index (χ2n) is 8.43. The van der Waals surface area contributed by atoms with Crippen LogP contribution in [0.1, 0.15) is 37.2 Å². The van der Waals surface area contributed by atoms with Crippen molar-refractivity contribution in [1.82, 2.24) is 10.3 Å². The topological polar surface area (TPSA) is 65.1 Å². The minimum Gasteiger partial charge on any atom is -0.393 e. The maximum atomic E-state index is 14.4. The van der Waals surface area contributed by atoms with Crippen LogP contribution in [0.3, 0.4) is 0 Å². The molecule has 0 aliphatic heterocycles. The number of halogens is 3. The van der Waals surface area contributed by atoms with Crippen molar-refractivity contribution < 1.29 is 23.1 Å². The Kier molecular flexibility index (Phi) is 4.58. The van der Waals surface area contributed by atoms with Gasteiger partial charge in [0, 0.05) is 23.4 Å². The van der Waals surface area contributed by atoms with Gasteiger partial charge in [-0.3, -0.25) is 4.79 Å². The highest BCUT2D eigenvalue weighted by Gasteiger charge is 2.40. The number of aromatic amines is 1. The molecule has 2 aliphatic carbocycles. The van der Waals surface area contributed by atoms with E-state index in [-0.39, 0.29) is 41.2 Å². The van der Waals surface area contributed by atoms with Crippen molar-refractivity contribution in [3.63, 3.8) is 0 Å². The summed E-state index contributed by atoms with van der Waals surface area (Å²) in [4.78, 5) is 15.5. The van der Waals surface area contributed by atoms with Crippen LogP contribution in [0.4, 0.5) is 13.2 Å². The molecule has 1 amide bonds. The molecule has 1 aromatic heterocycles. The smallest absolute Gasteiger partial charge is 0.223 e. The van der Waals surface area contributed by atoms with Gasteiger partial charge in [-0.2, -0.15) is 0 Å². The molecule has 0 saturated heterocycles. The number of carbonyl (C=O) groups excluding carboxylic acids is 1. The summed E-state index contributed by atoms with van der Waals surface area (Å²) in [6.07, 6.45) is 1.97. The van der Waals surface area contributed by atoms with Gasteiger partial charge in [0.05, 0.1) is 17.3 Å². The minimum atomic E-state index is -0.684. The van der Waals surface area contributed by atoms with E-state index < -0.39 is 11.6 Å². The normalized spacial score (nSPS) is 25.6. The van der Waals surface area contributed by atoms with Crippen LogP contribution in [-0.4, -0.2) is 28.1 Å². The average molecular weight is 414 g/mol. The molecule has 3 aromatic rings. The van der Waals surface area contributed by atoms with Crippen molar-refractivity contribution in [1.29, 1.82) is 0 Å². The van der Waals surface area contributed by atoms with Crippen molar-refractivity contribution in [2.75, 3.05) is 0 Å². The van der Waals surface area contributed by atoms with Crippen molar-refractivity contribution in [3.8, 4) is 11.3 Å². The molecule has 0 bridgehead atoms. The number of rotatable bonds is 4. The Hall–Kier alpha value is -2.80. The molecule has 0 atom stereocenters. The molecule has 30 heavy (non-hydrogen) atoms. The van der Waals surface area contributed by atoms with Crippen LogP contribution in [0.2, 0.25) is 0 Å². The van der Waals surface area contributed by atoms with Crippen LogP contribution in [-0.2, 0) is 4.79 Å². The van der Waals surface area contributed by atoms with Crippen LogP contribution in [0.5, 0.6) is 0 Å². The van der Waals surface area contributed by atoms with E-state index >= 15 is 0 Å². The van der Waals surface area contributed by atoms with Gasteiger partial charge in [-0.1, -0.05) is 0 Å². The fourth-order valence-electron chi connectivity index (χ4n) is 4.60. The summed E-state index contributed by atoms with van der Waals surface area (Å²) in [5.74, 6) is -1.97. The van der Waals surface area contributed by atoms with Gasteiger partial charge in [0.15, 0.2) is 0 Å². The molecule has 7 heteroatoms. The van der Waals surface area contributed by atoms with Crippen LogP contribution in [0.25, 0.3) is 22.2 Å². The number of nitrogens with one attached hydrogen (secondary N) is 2. The number of carbonyl (C=O) groups is 1. The highest BCUT2D eigenvalue weighted by atomic mass is 19.1. The summed E-state index contributed by atoms with van der Waals surface area (Å²) < 4.78 is 41.8. The molecule has 1 heterocycles. The number of aliphatic hydroxyl groups is 1. The Labute approximate surface area is 171 Å². The zero-order valence-corrected chi connectivity index (χ0v) is 16.1. The zero-order valence-electron chi connectivity index (χ0n) is 16.1. The first-order valence-corrected chi connectivity index (χ1v) is 10.1. The van der Waals surface area contributed by atoms with E-state index in [1.807, 2.05) is 0 Å². The Morgan fingerprint density at radius 3 is 2.37 bits per heavy atom. The summed E-state index contributed by atoms with van der Waals surface area (Å²) in [5.41, 5.74) is 2.28. The van der Waals surface area contributed by atoms with Gasteiger partial charge in [0.2, 0.25) is 5.91 Å². The molecule has 156 valence electrons. The highest BCUT2D eigenvalue weighted by molar-refractivity contribution is 5.92. The first-order chi connectivity index (χ1) is 14.4. The molecule has 0 spiro atoms. The first-order valence-electron chi connectivity index (χ1n) is 10.1. The number of hydrogen-bond acceptors (Lipinski definition) is 2. The van der Waals surface area contributed by atoms with Crippen molar-refractivity contribution >= 4 is 16.8 Å². The number of aromatic nitrogens is 1. The monoisotopic (exact) mass is 414 g/mol. The van der Waals surface area contributed by atoms with E-state index in [1.54, 1.807) is 12.1 Å². The SMILES string of the molecule is O=C(N[C@H]1C[C@H](O)C1)[C@H]1C[C@H](c2c(-c3ccc(F)cc3)[nH]c3c(F)cc(F)cc32)C1. The van der Waals surface area contributed by atoms with Gasteiger partial charge in [-0.05, 0) is 73.1 Å². The Bertz CT molecular complexity index is 1110. The molecular weight excluding hydrogens is 393 g/mol. The van der Waals surface area contributed by atoms with Gasteiger partial charge in [0.25, 0.3) is 0 Å². The fraction of sp³-hybridized carbons (Fsp3) is 0.348. The number of aliphatic hydroxyl groups excluding tert-OH is 1. The minimum absolute atomic E-state index is 0.0256. The quantitative estimate of drug-likeness (QED) is 0.593. The van der Waals surface area contributed by atoms with Crippen LogP contribution in [0, 0.1) is 23.4 Å². The molecule has 0 radical (unpaired) electrons. The lowest BCUT2D eigenvalue weighted by atomic mass is 9.69. The highest BCUT2D eigenvalue weighted by Crippen LogP contribution is 2.48. The Morgan fingerprint density at radius 2 is 1.70 bits per heavy atom. The lowest BCUT2D eigenvalue weighted by Gasteiger charge is -2.38. The molecule has 4 nitrogen and oxygen atoms in total. The van der Waals surface area contributed by atoms with Crippen molar-refractivity contribution in [2.45, 2.75) is 43.7 Å². The van der Waals surface area contributed by atoms with E-state index in [4.69, 9.17) is 0 Å². The summed E-state index contributed by atoms with van der Waals surface area (Å²) in [6, 6.07) is 8.02. The predicted molar refractivity (Wildman–Crippen MR) is 106 cm³/mol. The zero-order chi connectivity index (χ0) is 21.0. The average Bonchev–Trinajstić information content (AvgIpc) is 2.99. The van der Waals surface area contributed by atoms with Crippen LogP contribution >= 0.6 is 0 Å². The maximum absolute atomic E-state index is 14.4. The molecule has 2 fully saturated rings. The number of H-pyrrole nitrogens is 1. The summed E-state index contributed by atoms with van der Waals surface area (Å²) >= 11 is 0. The first kappa shape index (κ1) is 19.2. The maximum Gasteiger partial charge on any atom is 0.223 e. The molecule has 5 rings (SSSR count). The van der Waals surface area contributed by atoms with E-state index in [0.717, 1.165) is 11.6 Å². The Morgan fingerprint density at radius 1 is 1.00 bits per heavy atom. The molecular formula is C23H21F3N2O2. The fourth-order valence-corrected chi connectivity index (χ4v) is 4.60. The van der Waals surface area contributed by atoms with Gasteiger partial charge >= 0.3 is 0 Å². The van der Waals surface area contributed by atoms with E-state index in [9.17, 15) is 23.1 Å². The van der Waals surface area contributed by atoms with Crippen LogP contribution < -0.4 is 5.32 Å². The van der Waals surface area contributed by atoms with Gasteiger partial charge in [-0.25, -0.2) is 13.2 Å². The number of amides is 1. The predicted octanol–water partition coefficient (Wildman–Crippen LogP) is 4.39. The number of fused-ring (bicyclic) bond motifs is 1. The molecule has 0 unspecified atom stereocenters. The lowest BCUT2D eigenvalue weighted by Crippen LogP contribution is -2.50. The second kappa shape index (κ2) is 7.16. The van der Waals surface area contributed by atoms with E-state index in [1.165, 1.54) is 18.2 Å². The summed E-state index contributed by atoms with van der Waals surface area (Å²) in [6.45, 7) is 0. The summed E-state index contributed by atoms with van der Waals surface area (Å²) in [5, 5.41) is 12.8. The molecule has 3 N–H and O–H groups in total. The van der Waals surface area contributed by atoms with Gasteiger partial charge in [0.1, 0.15) is 17.5 Å². The van der Waals surface area contributed by atoms with Crippen molar-refractivity contribution in [3.05, 3.63) is 59.4 Å². The largest absolute Gasteiger partial charge is 0.393 e. The molecule has 2 aromatic carbocycles. The van der Waals surface area contributed by atoms with E-state index in [2.05, 4.69) is 10.3 Å². The van der Waals surface area contributed by atoms with Crippen LogP contribution in [0.15, 0.2) is 36.4 Å². The van der Waals surface area contributed by atoms with Crippen molar-refractivity contribution in [2.24, 2.45) is 5.92 Å². The summed E-state index contributed by atoms with van der Waals surface area (Å²) in [7, 11) is 0. The number of hydrogen-bond donors (Lipinski definition) is 3. The van der Waals surface area contributed by atoms with Gasteiger partial charge < -0.3 is 15.4 Å². The standard InChI is InChI=1S/C23H21F3N2O2/c24-14-3-1-11(2-4-14)21-20(18-7-15(25)8-19(26)22(18)28-21)12-5-13(6-12)23(30)27-16-9-17(29)10-16/h1-4,7-8,12-13,16-17,28-29H,5-6,9-10H2,(H,27,30)/t12-,13-,16-,17-. The van der Waals surface area contributed by atoms with Gasteiger partial charge in [-0.15, -0.1) is 0 Å².